The van der Waals surface area contributed by atoms with E-state index in [4.69, 9.17) is 19.9 Å². The summed E-state index contributed by atoms with van der Waals surface area (Å²) in [6.45, 7) is 3.49. The molecule has 1 aromatic rings. The summed E-state index contributed by atoms with van der Waals surface area (Å²) in [6.07, 6.45) is 2.02. The first-order valence-corrected chi connectivity index (χ1v) is 8.33. The van der Waals surface area contributed by atoms with Crippen molar-refractivity contribution in [3.05, 3.63) is 17.7 Å². The summed E-state index contributed by atoms with van der Waals surface area (Å²) in [5, 5.41) is 0. The summed E-state index contributed by atoms with van der Waals surface area (Å²) >= 11 is 0. The van der Waals surface area contributed by atoms with Gasteiger partial charge >= 0.3 is 0 Å². The average Bonchev–Trinajstić information content (AvgIpc) is 2.99. The quantitative estimate of drug-likeness (QED) is 0.794. The Labute approximate surface area is 156 Å². The largest absolute Gasteiger partial charge is 0.493 e. The molecule has 1 aliphatic rings. The van der Waals surface area contributed by atoms with E-state index < -0.39 is 0 Å². The van der Waals surface area contributed by atoms with Crippen LogP contribution in [0.15, 0.2) is 12.1 Å². The van der Waals surface area contributed by atoms with Crippen molar-refractivity contribution in [3.8, 4) is 17.2 Å². The van der Waals surface area contributed by atoms with Crippen molar-refractivity contribution in [1.29, 1.82) is 0 Å². The number of carbonyl (C=O) groups is 1. The van der Waals surface area contributed by atoms with Crippen molar-refractivity contribution in [2.75, 3.05) is 34.4 Å². The van der Waals surface area contributed by atoms with Crippen LogP contribution in [0.3, 0.4) is 0 Å². The summed E-state index contributed by atoms with van der Waals surface area (Å²) in [5.74, 6) is 2.37. The van der Waals surface area contributed by atoms with Crippen LogP contribution in [0.5, 0.6) is 17.2 Å². The molecule has 1 aromatic carbocycles. The van der Waals surface area contributed by atoms with Crippen LogP contribution in [0.4, 0.5) is 0 Å². The Hall–Kier alpha value is -1.66. The topological polar surface area (TPSA) is 74.0 Å². The molecule has 1 fully saturated rings. The molecule has 2 atom stereocenters. The van der Waals surface area contributed by atoms with Gasteiger partial charge in [-0.25, -0.2) is 0 Å². The fraction of sp³-hybridized carbons (Fsp3) is 0.611. The minimum absolute atomic E-state index is 0. The van der Waals surface area contributed by atoms with Gasteiger partial charge in [-0.2, -0.15) is 0 Å². The number of hydrogen-bond donors (Lipinski definition) is 1. The SMILES string of the molecule is COc1ccc(CCC(=O)N2CC(CN)CC2C)c(OC)c1OC.Cl. The number of likely N-dealkylation sites (tertiary alicyclic amines) is 1. The van der Waals surface area contributed by atoms with Gasteiger partial charge in [0.05, 0.1) is 21.3 Å². The van der Waals surface area contributed by atoms with E-state index in [-0.39, 0.29) is 24.4 Å². The van der Waals surface area contributed by atoms with Crippen LogP contribution < -0.4 is 19.9 Å². The molecule has 0 radical (unpaired) electrons. The van der Waals surface area contributed by atoms with Gasteiger partial charge in [0.2, 0.25) is 11.7 Å². The van der Waals surface area contributed by atoms with Gasteiger partial charge in [0, 0.05) is 19.0 Å². The smallest absolute Gasteiger partial charge is 0.223 e. The number of nitrogens with zero attached hydrogens (tertiary/aromatic N) is 1. The van der Waals surface area contributed by atoms with Crippen LogP contribution >= 0.6 is 12.4 Å². The molecule has 142 valence electrons. The van der Waals surface area contributed by atoms with E-state index >= 15 is 0 Å². The number of aryl methyl sites for hydroxylation is 1. The Morgan fingerprint density at radius 1 is 1.20 bits per heavy atom. The van der Waals surface area contributed by atoms with Gasteiger partial charge in [-0.15, -0.1) is 12.4 Å². The van der Waals surface area contributed by atoms with Crippen molar-refractivity contribution < 1.29 is 19.0 Å². The summed E-state index contributed by atoms with van der Waals surface area (Å²) in [6, 6.07) is 4.02. The van der Waals surface area contributed by atoms with E-state index in [1.807, 2.05) is 17.0 Å². The van der Waals surface area contributed by atoms with Gasteiger partial charge in [0.1, 0.15) is 0 Å². The second kappa shape index (κ2) is 9.73. The maximum Gasteiger partial charge on any atom is 0.223 e. The molecule has 1 aliphatic heterocycles. The summed E-state index contributed by atoms with van der Waals surface area (Å²) in [7, 11) is 4.76. The van der Waals surface area contributed by atoms with Gasteiger partial charge in [0.25, 0.3) is 0 Å². The molecule has 1 saturated heterocycles. The van der Waals surface area contributed by atoms with E-state index in [9.17, 15) is 4.79 Å². The maximum atomic E-state index is 12.6. The van der Waals surface area contributed by atoms with Crippen LogP contribution in [0.1, 0.15) is 25.3 Å². The first-order valence-electron chi connectivity index (χ1n) is 8.33. The van der Waals surface area contributed by atoms with Crippen LogP contribution in [0.2, 0.25) is 0 Å². The predicted molar refractivity (Wildman–Crippen MR) is 100 cm³/mol. The molecule has 6 nitrogen and oxygen atoms in total. The fourth-order valence-electron chi connectivity index (χ4n) is 3.41. The lowest BCUT2D eigenvalue weighted by molar-refractivity contribution is -0.131. The molecule has 1 heterocycles. The molecule has 7 heteroatoms. The van der Waals surface area contributed by atoms with Gasteiger partial charge in [-0.05, 0) is 43.9 Å². The minimum Gasteiger partial charge on any atom is -0.493 e. The average molecular weight is 373 g/mol. The van der Waals surface area contributed by atoms with E-state index in [1.54, 1.807) is 21.3 Å². The molecule has 25 heavy (non-hydrogen) atoms. The molecular weight excluding hydrogens is 344 g/mol. The molecule has 0 saturated carbocycles. The summed E-state index contributed by atoms with van der Waals surface area (Å²) in [4.78, 5) is 14.5. The highest BCUT2D eigenvalue weighted by Gasteiger charge is 2.31. The second-order valence-corrected chi connectivity index (χ2v) is 6.23. The summed E-state index contributed by atoms with van der Waals surface area (Å²) < 4.78 is 16.2. The zero-order chi connectivity index (χ0) is 17.7. The Kier molecular flexibility index (Phi) is 8.32. The number of ether oxygens (including phenoxy) is 3. The van der Waals surface area contributed by atoms with Crippen LogP contribution in [-0.4, -0.2) is 51.3 Å². The van der Waals surface area contributed by atoms with E-state index in [1.165, 1.54) is 0 Å². The van der Waals surface area contributed by atoms with Gasteiger partial charge < -0.3 is 24.8 Å². The Balaban J connectivity index is 0.00000312. The molecule has 0 spiro atoms. The van der Waals surface area contributed by atoms with E-state index in [2.05, 4.69) is 6.92 Å². The molecule has 2 rings (SSSR count). The highest BCUT2D eigenvalue weighted by atomic mass is 35.5. The number of benzene rings is 1. The Bertz CT molecular complexity index is 582. The Morgan fingerprint density at radius 2 is 1.88 bits per heavy atom. The molecule has 0 aromatic heterocycles. The van der Waals surface area contributed by atoms with Crippen LogP contribution in [0, 0.1) is 5.92 Å². The van der Waals surface area contributed by atoms with E-state index in [0.717, 1.165) is 18.5 Å². The molecule has 2 N–H and O–H groups in total. The monoisotopic (exact) mass is 372 g/mol. The first-order chi connectivity index (χ1) is 11.5. The fourth-order valence-corrected chi connectivity index (χ4v) is 3.41. The molecule has 2 unspecified atom stereocenters. The number of carbonyl (C=O) groups excluding carboxylic acids is 1. The zero-order valence-corrected chi connectivity index (χ0v) is 16.2. The molecular formula is C18H29ClN2O4. The number of hydrogen-bond acceptors (Lipinski definition) is 5. The lowest BCUT2D eigenvalue weighted by atomic mass is 10.1. The van der Waals surface area contributed by atoms with Crippen molar-refractivity contribution in [3.63, 3.8) is 0 Å². The standard InChI is InChI=1S/C18H28N2O4.ClH/c1-12-9-13(10-19)11-20(12)16(21)8-6-14-5-7-15(22-2)18(24-4)17(14)23-3;/h5,7,12-13H,6,8-11,19H2,1-4H3;1H. The van der Waals surface area contributed by atoms with E-state index in [0.29, 0.717) is 42.6 Å². The van der Waals surface area contributed by atoms with Gasteiger partial charge in [-0.1, -0.05) is 6.07 Å². The number of amides is 1. The van der Waals surface area contributed by atoms with Crippen molar-refractivity contribution in [2.45, 2.75) is 32.2 Å². The lowest BCUT2D eigenvalue weighted by Gasteiger charge is -2.22. The highest BCUT2D eigenvalue weighted by Crippen LogP contribution is 2.40. The number of halogens is 1. The number of rotatable bonds is 7. The normalized spacial score (nSPS) is 19.3. The first kappa shape index (κ1) is 21.4. The third-order valence-corrected chi connectivity index (χ3v) is 4.71. The molecule has 0 bridgehead atoms. The number of nitrogens with two attached hydrogens (primary N) is 1. The van der Waals surface area contributed by atoms with Crippen molar-refractivity contribution >= 4 is 18.3 Å². The van der Waals surface area contributed by atoms with Gasteiger partial charge in [-0.3, -0.25) is 4.79 Å². The van der Waals surface area contributed by atoms with Gasteiger partial charge in [0.15, 0.2) is 11.5 Å². The lowest BCUT2D eigenvalue weighted by Crippen LogP contribution is -2.34. The number of methoxy groups -OCH3 is 3. The van der Waals surface area contributed by atoms with Crippen molar-refractivity contribution in [1.82, 2.24) is 4.90 Å². The molecule has 1 amide bonds. The highest BCUT2D eigenvalue weighted by molar-refractivity contribution is 5.85. The second-order valence-electron chi connectivity index (χ2n) is 6.23. The zero-order valence-electron chi connectivity index (χ0n) is 15.4. The third-order valence-electron chi connectivity index (χ3n) is 4.71. The van der Waals surface area contributed by atoms with Crippen LogP contribution in [-0.2, 0) is 11.2 Å². The van der Waals surface area contributed by atoms with Crippen molar-refractivity contribution in [2.24, 2.45) is 11.7 Å². The maximum absolute atomic E-state index is 12.6. The summed E-state index contributed by atoms with van der Waals surface area (Å²) in [5.41, 5.74) is 6.68. The Morgan fingerprint density at radius 3 is 2.40 bits per heavy atom. The minimum atomic E-state index is 0. The third kappa shape index (κ3) is 4.70. The molecule has 0 aliphatic carbocycles. The van der Waals surface area contributed by atoms with Crippen LogP contribution in [0.25, 0.3) is 0 Å². The predicted octanol–water partition coefficient (Wildman–Crippen LogP) is 2.26.